The molecule has 0 spiro atoms. The van der Waals surface area contributed by atoms with E-state index >= 15 is 0 Å². The second-order valence-corrected chi connectivity index (χ2v) is 18.0. The molecule has 0 saturated carbocycles. The lowest BCUT2D eigenvalue weighted by atomic mass is 10.0. The van der Waals surface area contributed by atoms with Crippen molar-refractivity contribution >= 4 is 17.9 Å². The Balaban J connectivity index is 4.26. The minimum absolute atomic E-state index is 0.0383. The number of carbonyl (C=O) groups is 3. The zero-order valence-electron chi connectivity index (χ0n) is 40.3. The third kappa shape index (κ3) is 42.4. The van der Waals surface area contributed by atoms with E-state index in [1.165, 1.54) is 128 Å². The largest absolute Gasteiger partial charge is 0.544 e. The van der Waals surface area contributed by atoms with E-state index in [1.54, 1.807) is 21.1 Å². The molecule has 0 radical (unpaired) electrons. The molecule has 2 atom stereocenters. The third-order valence-corrected chi connectivity index (χ3v) is 11.2. The molecule has 2 unspecified atom stereocenters. The molecule has 61 heavy (non-hydrogen) atoms. The Morgan fingerprint density at radius 3 is 1.38 bits per heavy atom. The van der Waals surface area contributed by atoms with Crippen molar-refractivity contribution in [1.82, 2.24) is 0 Å². The number of esters is 2. The van der Waals surface area contributed by atoms with Crippen molar-refractivity contribution in [2.24, 2.45) is 0 Å². The first kappa shape index (κ1) is 58.3. The molecule has 8 nitrogen and oxygen atoms in total. The van der Waals surface area contributed by atoms with Gasteiger partial charge in [-0.15, -0.1) is 0 Å². The molecule has 0 rings (SSSR count). The van der Waals surface area contributed by atoms with E-state index in [0.29, 0.717) is 12.8 Å². The molecular formula is C53H95NO7. The predicted octanol–water partition coefficient (Wildman–Crippen LogP) is 13.0. The minimum Gasteiger partial charge on any atom is -0.544 e. The van der Waals surface area contributed by atoms with Gasteiger partial charge in [0.2, 0.25) is 0 Å². The maximum atomic E-state index is 12.8. The number of rotatable bonds is 45. The highest BCUT2D eigenvalue weighted by molar-refractivity contribution is 5.70. The Hall–Kier alpha value is -2.71. The van der Waals surface area contributed by atoms with Crippen LogP contribution < -0.4 is 5.11 Å². The SMILES string of the molecule is CC/C=C/C/C=C/C/C=C/CCCCCCCCCCCCC(=O)OC(COCCC(C(=O)[O-])[N+](C)(C)C)COC(=O)CCCCCCCCC/C=C/CCCCCCCC. The van der Waals surface area contributed by atoms with E-state index in [-0.39, 0.29) is 42.7 Å². The number of ether oxygens (including phenoxy) is 3. The van der Waals surface area contributed by atoms with Gasteiger partial charge in [0.1, 0.15) is 12.6 Å². The second kappa shape index (κ2) is 43.9. The number of carbonyl (C=O) groups excluding carboxylic acids is 3. The zero-order valence-corrected chi connectivity index (χ0v) is 40.3. The molecule has 0 aliphatic rings. The highest BCUT2D eigenvalue weighted by atomic mass is 16.6. The van der Waals surface area contributed by atoms with Gasteiger partial charge in [-0.25, -0.2) is 0 Å². The van der Waals surface area contributed by atoms with Crippen LogP contribution in [0.25, 0.3) is 0 Å². The fourth-order valence-electron chi connectivity index (χ4n) is 7.32. The van der Waals surface area contributed by atoms with Gasteiger partial charge in [0.05, 0.1) is 40.3 Å². The molecule has 0 aromatic heterocycles. The third-order valence-electron chi connectivity index (χ3n) is 11.2. The van der Waals surface area contributed by atoms with Gasteiger partial charge >= 0.3 is 11.9 Å². The Labute approximate surface area is 376 Å². The Morgan fingerprint density at radius 1 is 0.508 bits per heavy atom. The van der Waals surface area contributed by atoms with E-state index in [9.17, 15) is 19.5 Å². The lowest BCUT2D eigenvalue weighted by Gasteiger charge is -2.34. The van der Waals surface area contributed by atoms with Crippen molar-refractivity contribution in [1.29, 1.82) is 0 Å². The average molecular weight is 858 g/mol. The fourth-order valence-corrected chi connectivity index (χ4v) is 7.32. The van der Waals surface area contributed by atoms with Crippen LogP contribution in [0.3, 0.4) is 0 Å². The number of likely N-dealkylation sites (N-methyl/N-ethyl adjacent to an activating group) is 1. The monoisotopic (exact) mass is 858 g/mol. The van der Waals surface area contributed by atoms with Crippen molar-refractivity contribution in [2.45, 2.75) is 231 Å². The quantitative estimate of drug-likeness (QED) is 0.0260. The van der Waals surface area contributed by atoms with Crippen LogP contribution >= 0.6 is 0 Å². The number of quaternary nitrogens is 1. The van der Waals surface area contributed by atoms with E-state index in [0.717, 1.165) is 57.8 Å². The van der Waals surface area contributed by atoms with Crippen LogP contribution in [-0.4, -0.2) is 75.5 Å². The molecule has 0 aromatic rings. The normalized spacial score (nSPS) is 13.3. The molecule has 0 N–H and O–H groups in total. The van der Waals surface area contributed by atoms with Crippen molar-refractivity contribution in [3.8, 4) is 0 Å². The Morgan fingerprint density at radius 2 is 0.918 bits per heavy atom. The summed E-state index contributed by atoms with van der Waals surface area (Å²) in [7, 11) is 5.41. The van der Waals surface area contributed by atoms with Crippen LogP contribution in [0.5, 0.6) is 0 Å². The molecule has 0 aromatic carbocycles. The van der Waals surface area contributed by atoms with Gasteiger partial charge < -0.3 is 28.6 Å². The van der Waals surface area contributed by atoms with E-state index in [4.69, 9.17) is 14.2 Å². The molecule has 0 saturated heterocycles. The molecule has 0 heterocycles. The Kier molecular flexibility index (Phi) is 42.0. The number of carboxylic acids is 1. The highest BCUT2D eigenvalue weighted by Gasteiger charge is 2.25. The maximum Gasteiger partial charge on any atom is 0.306 e. The summed E-state index contributed by atoms with van der Waals surface area (Å²) in [5, 5.41) is 11.7. The lowest BCUT2D eigenvalue weighted by Crippen LogP contribution is -2.55. The van der Waals surface area contributed by atoms with Crippen LogP contribution in [0, 0.1) is 0 Å². The Bertz CT molecular complexity index is 1140. The van der Waals surface area contributed by atoms with Crippen LogP contribution in [0.1, 0.15) is 219 Å². The maximum absolute atomic E-state index is 12.8. The van der Waals surface area contributed by atoms with Crippen LogP contribution in [0.15, 0.2) is 48.6 Å². The summed E-state index contributed by atoms with van der Waals surface area (Å²) in [5.74, 6) is -1.74. The number of hydrogen-bond acceptors (Lipinski definition) is 7. The number of hydrogen-bond donors (Lipinski definition) is 0. The summed E-state index contributed by atoms with van der Waals surface area (Å²) >= 11 is 0. The molecule has 8 heteroatoms. The van der Waals surface area contributed by atoms with Gasteiger partial charge in [-0.1, -0.05) is 178 Å². The first-order chi connectivity index (χ1) is 29.6. The lowest BCUT2D eigenvalue weighted by molar-refractivity contribution is -0.889. The summed E-state index contributed by atoms with van der Waals surface area (Å²) < 4.78 is 17.2. The van der Waals surface area contributed by atoms with Gasteiger partial charge in [-0.3, -0.25) is 9.59 Å². The number of aliphatic carboxylic acids is 1. The van der Waals surface area contributed by atoms with E-state index < -0.39 is 18.1 Å². The van der Waals surface area contributed by atoms with Crippen LogP contribution in [-0.2, 0) is 28.6 Å². The van der Waals surface area contributed by atoms with Crippen molar-refractivity contribution in [2.75, 3.05) is 41.0 Å². The number of unbranched alkanes of at least 4 members (excludes halogenated alkanes) is 23. The van der Waals surface area contributed by atoms with Crippen LogP contribution in [0.4, 0.5) is 0 Å². The smallest absolute Gasteiger partial charge is 0.306 e. The van der Waals surface area contributed by atoms with Gasteiger partial charge in [0.25, 0.3) is 0 Å². The minimum atomic E-state index is -1.13. The summed E-state index contributed by atoms with van der Waals surface area (Å²) in [5.41, 5.74) is 0. The average Bonchev–Trinajstić information content (AvgIpc) is 3.22. The predicted molar refractivity (Wildman–Crippen MR) is 254 cm³/mol. The molecule has 0 fully saturated rings. The second-order valence-electron chi connectivity index (χ2n) is 18.0. The summed E-state index contributed by atoms with van der Waals surface area (Å²) in [6, 6.07) is -0.728. The molecular weight excluding hydrogens is 763 g/mol. The number of carboxylic acid groups (broad SMARTS) is 1. The first-order valence-electron chi connectivity index (χ1n) is 25.2. The van der Waals surface area contributed by atoms with Gasteiger partial charge in [0, 0.05) is 19.3 Å². The standard InChI is InChI=1S/C53H95NO7/c1-6-8-10-12-14-16-18-20-22-24-25-26-28-30-32-34-36-38-40-42-44-52(56)61-49(47-59-46-45-50(53(57)58)54(3,4)5)48-60-51(55)43-41-39-37-35-33-31-29-27-23-21-19-17-15-13-11-9-7-2/h8,10,14,16,20-23,49-50H,6-7,9,11-13,15,17-19,24-48H2,1-5H3/b10-8+,16-14+,22-20+,23-21+. The van der Waals surface area contributed by atoms with Gasteiger partial charge in [-0.2, -0.15) is 0 Å². The van der Waals surface area contributed by atoms with Crippen molar-refractivity contribution in [3.63, 3.8) is 0 Å². The van der Waals surface area contributed by atoms with Gasteiger partial charge in [0.15, 0.2) is 6.10 Å². The number of allylic oxidation sites excluding steroid dienone is 8. The molecule has 0 aliphatic heterocycles. The summed E-state index contributed by atoms with van der Waals surface area (Å²) in [4.78, 5) is 37.0. The van der Waals surface area contributed by atoms with Gasteiger partial charge in [-0.05, 0) is 70.6 Å². The fraction of sp³-hybridized carbons (Fsp3) is 0.792. The molecule has 0 amide bonds. The topological polar surface area (TPSA) is 102 Å². The highest BCUT2D eigenvalue weighted by Crippen LogP contribution is 2.15. The summed E-state index contributed by atoms with van der Waals surface area (Å²) in [6.45, 7) is 4.56. The first-order valence-corrected chi connectivity index (χ1v) is 25.2. The van der Waals surface area contributed by atoms with Crippen LogP contribution in [0.2, 0.25) is 0 Å². The van der Waals surface area contributed by atoms with E-state index in [2.05, 4.69) is 62.5 Å². The van der Waals surface area contributed by atoms with E-state index in [1.807, 2.05) is 0 Å². The van der Waals surface area contributed by atoms with Crippen molar-refractivity contribution in [3.05, 3.63) is 48.6 Å². The summed E-state index contributed by atoms with van der Waals surface area (Å²) in [6.07, 6.45) is 52.8. The molecule has 354 valence electrons. The molecule has 0 aliphatic carbocycles. The molecule has 0 bridgehead atoms. The zero-order chi connectivity index (χ0) is 44.9. The van der Waals surface area contributed by atoms with Crippen molar-refractivity contribution < 1.29 is 38.2 Å². The number of nitrogens with zero attached hydrogens (tertiary/aromatic N) is 1.